The molecule has 5 heteroatoms. The highest BCUT2D eigenvalue weighted by Gasteiger charge is 2.10. The molecule has 0 N–H and O–H groups in total. The first-order valence-electron chi connectivity index (χ1n) is 4.71. The number of aromatic nitrogens is 2. The van der Waals surface area contributed by atoms with Gasteiger partial charge in [-0.15, -0.1) is 0 Å². The molecular weight excluding hydrogens is 194 g/mol. The van der Waals surface area contributed by atoms with Crippen LogP contribution in [0, 0.1) is 10.1 Å². The van der Waals surface area contributed by atoms with E-state index in [4.69, 9.17) is 0 Å². The lowest BCUT2D eigenvalue weighted by Gasteiger charge is -1.98. The Labute approximate surface area is 86.5 Å². The van der Waals surface area contributed by atoms with E-state index in [1.54, 1.807) is 4.68 Å². The third kappa shape index (κ3) is 1.81. The summed E-state index contributed by atoms with van der Waals surface area (Å²) < 4.78 is 1.72. The summed E-state index contributed by atoms with van der Waals surface area (Å²) in [5.41, 5.74) is 1.81. The Morgan fingerprint density at radius 3 is 2.93 bits per heavy atom. The van der Waals surface area contributed by atoms with E-state index in [1.807, 2.05) is 31.3 Å². The van der Waals surface area contributed by atoms with Gasteiger partial charge in [0.1, 0.15) is 0 Å². The van der Waals surface area contributed by atoms with E-state index in [2.05, 4.69) is 5.10 Å². The summed E-state index contributed by atoms with van der Waals surface area (Å²) in [5.74, 6) is 0. The molecule has 0 fully saturated rings. The first kappa shape index (κ1) is 9.64. The van der Waals surface area contributed by atoms with Gasteiger partial charge in [0.2, 0.25) is 6.54 Å². The molecule has 0 saturated heterocycles. The van der Waals surface area contributed by atoms with Crippen LogP contribution in [-0.4, -0.2) is 21.2 Å². The van der Waals surface area contributed by atoms with Gasteiger partial charge in [0.15, 0.2) is 0 Å². The highest BCUT2D eigenvalue weighted by molar-refractivity contribution is 5.81. The Morgan fingerprint density at radius 1 is 1.47 bits per heavy atom. The van der Waals surface area contributed by atoms with Crippen molar-refractivity contribution < 1.29 is 4.92 Å². The molecule has 5 nitrogen and oxygen atoms in total. The van der Waals surface area contributed by atoms with Gasteiger partial charge in [-0.2, -0.15) is 5.10 Å². The number of nitro groups is 1. The molecule has 0 amide bonds. The van der Waals surface area contributed by atoms with Crippen molar-refractivity contribution in [3.63, 3.8) is 0 Å². The van der Waals surface area contributed by atoms with E-state index >= 15 is 0 Å². The molecule has 1 heterocycles. The fourth-order valence-corrected chi connectivity index (χ4v) is 1.69. The summed E-state index contributed by atoms with van der Waals surface area (Å²) in [6.45, 7) is -0.0521. The maximum absolute atomic E-state index is 10.3. The lowest BCUT2D eigenvalue weighted by atomic mass is 10.2. The van der Waals surface area contributed by atoms with Crippen molar-refractivity contribution in [3.8, 4) is 0 Å². The van der Waals surface area contributed by atoms with Crippen LogP contribution < -0.4 is 0 Å². The van der Waals surface area contributed by atoms with Gasteiger partial charge in [0.05, 0.1) is 17.6 Å². The number of benzene rings is 1. The molecule has 0 aliphatic heterocycles. The highest BCUT2D eigenvalue weighted by atomic mass is 16.6. The van der Waals surface area contributed by atoms with Crippen LogP contribution in [0.2, 0.25) is 0 Å². The van der Waals surface area contributed by atoms with Crippen LogP contribution in [0.5, 0.6) is 0 Å². The zero-order valence-electron chi connectivity index (χ0n) is 8.38. The van der Waals surface area contributed by atoms with Crippen molar-refractivity contribution in [2.45, 2.75) is 6.42 Å². The van der Waals surface area contributed by atoms with Crippen LogP contribution in [0.15, 0.2) is 24.3 Å². The number of hydrogen-bond donors (Lipinski definition) is 0. The molecule has 0 saturated carbocycles. The SMILES string of the molecule is Cn1nc2ccccc2c1CC[N+](=O)[O-]. The summed E-state index contributed by atoms with van der Waals surface area (Å²) in [4.78, 5) is 10.0. The Hall–Kier alpha value is -1.91. The van der Waals surface area contributed by atoms with Crippen LogP contribution in [0.3, 0.4) is 0 Å². The average molecular weight is 205 g/mol. The van der Waals surface area contributed by atoms with Gasteiger partial charge in [0, 0.05) is 17.4 Å². The van der Waals surface area contributed by atoms with E-state index in [9.17, 15) is 10.1 Å². The first-order chi connectivity index (χ1) is 7.18. The molecule has 0 unspecified atom stereocenters. The van der Waals surface area contributed by atoms with E-state index in [1.165, 1.54) is 0 Å². The van der Waals surface area contributed by atoms with Crippen LogP contribution >= 0.6 is 0 Å². The average Bonchev–Trinajstić information content (AvgIpc) is 2.50. The summed E-state index contributed by atoms with van der Waals surface area (Å²) >= 11 is 0. The molecule has 15 heavy (non-hydrogen) atoms. The summed E-state index contributed by atoms with van der Waals surface area (Å²) in [5, 5.41) is 15.6. The number of rotatable bonds is 3. The van der Waals surface area contributed by atoms with Crippen molar-refractivity contribution in [2.75, 3.05) is 6.54 Å². The monoisotopic (exact) mass is 205 g/mol. The lowest BCUT2D eigenvalue weighted by Crippen LogP contribution is -2.07. The number of hydrogen-bond acceptors (Lipinski definition) is 3. The smallest absolute Gasteiger partial charge is 0.209 e. The van der Waals surface area contributed by atoms with E-state index in [0.29, 0.717) is 6.42 Å². The minimum Gasteiger partial charge on any atom is -0.271 e. The Morgan fingerprint density at radius 2 is 2.20 bits per heavy atom. The van der Waals surface area contributed by atoms with Gasteiger partial charge in [0.25, 0.3) is 0 Å². The topological polar surface area (TPSA) is 61.0 Å². The van der Waals surface area contributed by atoms with Crippen molar-refractivity contribution in [2.24, 2.45) is 7.05 Å². The normalized spacial score (nSPS) is 10.7. The Kier molecular flexibility index (Phi) is 2.37. The van der Waals surface area contributed by atoms with E-state index in [0.717, 1.165) is 16.6 Å². The van der Waals surface area contributed by atoms with Crippen molar-refractivity contribution in [3.05, 3.63) is 40.1 Å². The number of aryl methyl sites for hydroxylation is 1. The second-order valence-corrected chi connectivity index (χ2v) is 3.39. The van der Waals surface area contributed by atoms with E-state index in [-0.39, 0.29) is 11.5 Å². The fourth-order valence-electron chi connectivity index (χ4n) is 1.69. The molecule has 0 radical (unpaired) electrons. The van der Waals surface area contributed by atoms with Crippen LogP contribution in [-0.2, 0) is 13.5 Å². The fraction of sp³-hybridized carbons (Fsp3) is 0.300. The summed E-state index contributed by atoms with van der Waals surface area (Å²) in [6, 6.07) is 7.68. The molecule has 0 aliphatic carbocycles. The Balaban J connectivity index is 2.40. The van der Waals surface area contributed by atoms with Gasteiger partial charge in [-0.05, 0) is 6.07 Å². The molecule has 0 bridgehead atoms. The van der Waals surface area contributed by atoms with Gasteiger partial charge in [-0.1, -0.05) is 18.2 Å². The summed E-state index contributed by atoms with van der Waals surface area (Å²) in [7, 11) is 1.81. The lowest BCUT2D eigenvalue weighted by molar-refractivity contribution is -0.479. The van der Waals surface area contributed by atoms with Crippen molar-refractivity contribution in [1.82, 2.24) is 9.78 Å². The minimum atomic E-state index is -0.304. The standard InChI is InChI=1S/C10H11N3O2/c1-12-10(6-7-13(14)15)8-4-2-3-5-9(8)11-12/h2-5H,6-7H2,1H3. The molecule has 2 rings (SSSR count). The molecule has 0 aliphatic rings. The first-order valence-corrected chi connectivity index (χ1v) is 4.71. The molecule has 0 spiro atoms. The minimum absolute atomic E-state index is 0.0521. The molecule has 2 aromatic rings. The molecule has 1 aromatic carbocycles. The Bertz CT molecular complexity index is 504. The quantitative estimate of drug-likeness (QED) is 0.562. The largest absolute Gasteiger partial charge is 0.271 e. The predicted molar refractivity (Wildman–Crippen MR) is 56.3 cm³/mol. The predicted octanol–water partition coefficient (Wildman–Crippen LogP) is 1.39. The van der Waals surface area contributed by atoms with E-state index < -0.39 is 0 Å². The molecule has 0 atom stereocenters. The third-order valence-corrected chi connectivity index (χ3v) is 2.39. The van der Waals surface area contributed by atoms with Gasteiger partial charge < -0.3 is 0 Å². The van der Waals surface area contributed by atoms with Crippen LogP contribution in [0.25, 0.3) is 10.9 Å². The van der Waals surface area contributed by atoms with Crippen molar-refractivity contribution in [1.29, 1.82) is 0 Å². The third-order valence-electron chi connectivity index (χ3n) is 2.39. The number of fused-ring (bicyclic) bond motifs is 1. The second-order valence-electron chi connectivity index (χ2n) is 3.39. The highest BCUT2D eigenvalue weighted by Crippen LogP contribution is 2.17. The van der Waals surface area contributed by atoms with Crippen molar-refractivity contribution >= 4 is 10.9 Å². The van der Waals surface area contributed by atoms with Gasteiger partial charge >= 0.3 is 0 Å². The maximum Gasteiger partial charge on any atom is 0.209 e. The van der Waals surface area contributed by atoms with Gasteiger partial charge in [-0.25, -0.2) is 0 Å². The van der Waals surface area contributed by atoms with Crippen LogP contribution in [0.1, 0.15) is 5.69 Å². The maximum atomic E-state index is 10.3. The van der Waals surface area contributed by atoms with Crippen LogP contribution in [0.4, 0.5) is 0 Å². The molecular formula is C10H11N3O2. The van der Waals surface area contributed by atoms with Gasteiger partial charge in [-0.3, -0.25) is 14.8 Å². The zero-order chi connectivity index (χ0) is 10.8. The molecule has 78 valence electrons. The summed E-state index contributed by atoms with van der Waals surface area (Å²) in [6.07, 6.45) is 0.421. The molecule has 1 aromatic heterocycles. The number of nitrogens with zero attached hydrogens (tertiary/aromatic N) is 3. The second kappa shape index (κ2) is 3.68. The zero-order valence-corrected chi connectivity index (χ0v) is 8.38.